The van der Waals surface area contributed by atoms with Gasteiger partial charge in [0.25, 0.3) is 0 Å². The van der Waals surface area contributed by atoms with Gasteiger partial charge in [-0.2, -0.15) is 8.78 Å². The third kappa shape index (κ3) is 5.83. The van der Waals surface area contributed by atoms with Crippen LogP contribution in [0.4, 0.5) is 13.2 Å². The van der Waals surface area contributed by atoms with Gasteiger partial charge >= 0.3 is 6.61 Å². The highest BCUT2D eigenvalue weighted by Gasteiger charge is 2.13. The molecule has 1 aromatic rings. The van der Waals surface area contributed by atoms with Crippen LogP contribution in [0.2, 0.25) is 0 Å². The molecule has 0 amide bonds. The normalized spacial score (nSPS) is 13.1. The first-order chi connectivity index (χ1) is 10.5. The van der Waals surface area contributed by atoms with Crippen molar-refractivity contribution in [2.24, 2.45) is 4.99 Å². The molecule has 0 aromatic heterocycles. The number of hydrogen-bond donors (Lipinski definition) is 2. The molecule has 1 atom stereocenters. The van der Waals surface area contributed by atoms with Crippen LogP contribution in [0.15, 0.2) is 23.2 Å². The summed E-state index contributed by atoms with van der Waals surface area (Å²) < 4.78 is 42.9. The van der Waals surface area contributed by atoms with Crippen molar-refractivity contribution in [3.63, 3.8) is 0 Å². The van der Waals surface area contributed by atoms with Crippen molar-refractivity contribution in [2.45, 2.75) is 46.4 Å². The number of ether oxygens (including phenoxy) is 1. The van der Waals surface area contributed by atoms with Gasteiger partial charge in [0.1, 0.15) is 11.6 Å². The molecule has 0 saturated heterocycles. The van der Waals surface area contributed by atoms with Crippen molar-refractivity contribution in [1.29, 1.82) is 0 Å². The molecule has 0 aliphatic carbocycles. The van der Waals surface area contributed by atoms with E-state index in [0.29, 0.717) is 12.5 Å². The summed E-state index contributed by atoms with van der Waals surface area (Å²) in [5, 5.41) is 6.17. The van der Waals surface area contributed by atoms with E-state index >= 15 is 0 Å². The molecule has 0 spiro atoms. The average molecular weight is 317 g/mol. The predicted octanol–water partition coefficient (Wildman–Crippen LogP) is 3.28. The molecule has 0 radical (unpaired) electrons. The van der Waals surface area contributed by atoms with Crippen LogP contribution in [0.5, 0.6) is 5.75 Å². The number of halogens is 3. The summed E-state index contributed by atoms with van der Waals surface area (Å²) in [5.74, 6) is -0.317. The number of hydrogen-bond acceptors (Lipinski definition) is 2. The molecule has 4 nitrogen and oxygen atoms in total. The number of alkyl halides is 2. The first-order valence-electron chi connectivity index (χ1n) is 7.24. The van der Waals surface area contributed by atoms with Gasteiger partial charge in [-0.25, -0.2) is 9.38 Å². The molecular weight excluding hydrogens is 295 g/mol. The van der Waals surface area contributed by atoms with Crippen molar-refractivity contribution < 1.29 is 17.9 Å². The molecule has 0 aliphatic rings. The summed E-state index contributed by atoms with van der Waals surface area (Å²) in [5.41, 5.74) is 0.00385. The van der Waals surface area contributed by atoms with E-state index in [1.54, 1.807) is 0 Å². The van der Waals surface area contributed by atoms with E-state index in [2.05, 4.69) is 20.4 Å². The molecule has 0 saturated carbocycles. The van der Waals surface area contributed by atoms with E-state index in [0.717, 1.165) is 6.42 Å². The minimum absolute atomic E-state index is 0.00385. The molecule has 1 rings (SSSR count). The maximum atomic E-state index is 13.8. The molecule has 0 bridgehead atoms. The lowest BCUT2D eigenvalue weighted by Gasteiger charge is -2.16. The van der Waals surface area contributed by atoms with Crippen LogP contribution in [0.3, 0.4) is 0 Å². The molecule has 0 aliphatic heterocycles. The van der Waals surface area contributed by atoms with Crippen LogP contribution < -0.4 is 15.4 Å². The van der Waals surface area contributed by atoms with Gasteiger partial charge in [0.05, 0.1) is 12.1 Å². The van der Waals surface area contributed by atoms with Gasteiger partial charge in [-0.05, 0) is 32.4 Å². The number of guanidine groups is 1. The minimum atomic E-state index is -3.00. The Balaban J connectivity index is 2.93. The Morgan fingerprint density at radius 3 is 2.64 bits per heavy atom. The van der Waals surface area contributed by atoms with E-state index in [-0.39, 0.29) is 23.9 Å². The lowest BCUT2D eigenvalue weighted by atomic mass is 10.2. The van der Waals surface area contributed by atoms with Crippen LogP contribution in [0, 0.1) is 5.82 Å². The fourth-order valence-electron chi connectivity index (χ4n) is 1.71. The smallest absolute Gasteiger partial charge is 0.387 e. The highest BCUT2D eigenvalue weighted by Crippen LogP contribution is 2.24. The number of benzene rings is 1. The zero-order valence-electron chi connectivity index (χ0n) is 13.0. The third-order valence-electron chi connectivity index (χ3n) is 3.03. The van der Waals surface area contributed by atoms with E-state index in [9.17, 15) is 13.2 Å². The fourth-order valence-corrected chi connectivity index (χ4v) is 1.71. The van der Waals surface area contributed by atoms with Gasteiger partial charge in [-0.15, -0.1) is 0 Å². The molecule has 2 N–H and O–H groups in total. The van der Waals surface area contributed by atoms with Crippen molar-refractivity contribution in [2.75, 3.05) is 6.54 Å². The second-order valence-corrected chi connectivity index (χ2v) is 4.74. The van der Waals surface area contributed by atoms with E-state index < -0.39 is 12.4 Å². The van der Waals surface area contributed by atoms with E-state index in [1.165, 1.54) is 18.2 Å². The maximum absolute atomic E-state index is 13.8. The second-order valence-electron chi connectivity index (χ2n) is 4.74. The summed E-state index contributed by atoms with van der Waals surface area (Å²) in [4.78, 5) is 4.23. The summed E-state index contributed by atoms with van der Waals surface area (Å²) in [6, 6.07) is 4.01. The Morgan fingerprint density at radius 1 is 1.32 bits per heavy atom. The monoisotopic (exact) mass is 317 g/mol. The van der Waals surface area contributed by atoms with E-state index in [4.69, 9.17) is 0 Å². The van der Waals surface area contributed by atoms with Crippen molar-refractivity contribution in [1.82, 2.24) is 10.6 Å². The number of nitrogens with one attached hydrogen (secondary N) is 2. The van der Waals surface area contributed by atoms with Crippen LogP contribution in [-0.4, -0.2) is 25.2 Å². The van der Waals surface area contributed by atoms with Crippen molar-refractivity contribution in [3.8, 4) is 5.75 Å². The van der Waals surface area contributed by atoms with E-state index in [1.807, 2.05) is 20.8 Å². The van der Waals surface area contributed by atoms with Gasteiger partial charge in [0.2, 0.25) is 0 Å². The largest absolute Gasteiger partial charge is 0.434 e. The standard InChI is InChI=1S/C15H22F3N3O/c1-4-10(3)21-15(19-5-2)20-9-11-12(16)7-6-8-13(11)22-14(17)18/h6-8,10,14H,4-5,9H2,1-3H3,(H2,19,20,21). The van der Waals surface area contributed by atoms with Gasteiger partial charge < -0.3 is 15.4 Å². The molecule has 0 fully saturated rings. The van der Waals surface area contributed by atoms with Crippen LogP contribution in [-0.2, 0) is 6.54 Å². The molecule has 1 unspecified atom stereocenters. The Kier molecular flexibility index (Phi) is 7.56. The topological polar surface area (TPSA) is 45.7 Å². The highest BCUT2D eigenvalue weighted by atomic mass is 19.3. The second kappa shape index (κ2) is 9.17. The zero-order valence-corrected chi connectivity index (χ0v) is 13.0. The number of aliphatic imine (C=N–C) groups is 1. The maximum Gasteiger partial charge on any atom is 0.387 e. The first-order valence-corrected chi connectivity index (χ1v) is 7.24. The lowest BCUT2D eigenvalue weighted by molar-refractivity contribution is -0.0506. The van der Waals surface area contributed by atoms with Gasteiger partial charge in [0, 0.05) is 12.6 Å². The van der Waals surface area contributed by atoms with Crippen molar-refractivity contribution in [3.05, 3.63) is 29.6 Å². The van der Waals surface area contributed by atoms with Gasteiger partial charge in [-0.3, -0.25) is 0 Å². The van der Waals surface area contributed by atoms with Crippen LogP contribution in [0.25, 0.3) is 0 Å². The predicted molar refractivity (Wildman–Crippen MR) is 80.7 cm³/mol. The Bertz CT molecular complexity index is 495. The summed E-state index contributed by atoms with van der Waals surface area (Å²) in [7, 11) is 0. The summed E-state index contributed by atoms with van der Waals surface area (Å²) in [6.45, 7) is 3.45. The fraction of sp³-hybridized carbons (Fsp3) is 0.533. The Hall–Kier alpha value is -1.92. The van der Waals surface area contributed by atoms with Gasteiger partial charge in [-0.1, -0.05) is 13.0 Å². The Labute approximate surface area is 128 Å². The molecule has 7 heteroatoms. The molecule has 1 aromatic carbocycles. The molecule has 22 heavy (non-hydrogen) atoms. The molecule has 124 valence electrons. The quantitative estimate of drug-likeness (QED) is 0.599. The SMILES string of the molecule is CCNC(=NCc1c(F)cccc1OC(F)F)NC(C)CC. The third-order valence-corrected chi connectivity index (χ3v) is 3.03. The molecule has 0 heterocycles. The average Bonchev–Trinajstić information content (AvgIpc) is 2.46. The minimum Gasteiger partial charge on any atom is -0.434 e. The molecular formula is C15H22F3N3O. The van der Waals surface area contributed by atoms with Gasteiger partial charge in [0.15, 0.2) is 5.96 Å². The Morgan fingerprint density at radius 2 is 2.05 bits per heavy atom. The number of nitrogens with zero attached hydrogens (tertiary/aromatic N) is 1. The number of rotatable bonds is 7. The summed E-state index contributed by atoms with van der Waals surface area (Å²) >= 11 is 0. The van der Waals surface area contributed by atoms with Crippen LogP contribution in [0.1, 0.15) is 32.8 Å². The lowest BCUT2D eigenvalue weighted by Crippen LogP contribution is -2.41. The van der Waals surface area contributed by atoms with Crippen LogP contribution >= 0.6 is 0 Å². The zero-order chi connectivity index (χ0) is 16.5. The summed E-state index contributed by atoms with van der Waals surface area (Å²) in [6.07, 6.45) is 0.893. The highest BCUT2D eigenvalue weighted by molar-refractivity contribution is 5.80. The van der Waals surface area contributed by atoms with Crippen molar-refractivity contribution >= 4 is 5.96 Å². The first kappa shape index (κ1) is 18.1.